The molecule has 0 aliphatic carbocycles. The van der Waals surface area contributed by atoms with Gasteiger partial charge in [0.2, 0.25) is 0 Å². The number of amides is 1. The van der Waals surface area contributed by atoms with Gasteiger partial charge in [0.05, 0.1) is 15.7 Å². The average Bonchev–Trinajstić information content (AvgIpc) is 3.35. The van der Waals surface area contributed by atoms with Crippen LogP contribution in [0.4, 0.5) is 5.69 Å². The number of rotatable bonds is 3. The molecule has 136 valence electrons. The minimum atomic E-state index is -0.137. The van der Waals surface area contributed by atoms with Crippen LogP contribution >= 0.6 is 22.7 Å². The molecule has 1 amide bonds. The molecule has 0 aliphatic heterocycles. The van der Waals surface area contributed by atoms with E-state index in [2.05, 4.69) is 20.3 Å². The van der Waals surface area contributed by atoms with E-state index in [1.54, 1.807) is 29.1 Å². The number of carbonyl (C=O) groups is 1. The Kier molecular flexibility index (Phi) is 4.11. The second-order valence-electron chi connectivity index (χ2n) is 6.37. The average molecular weight is 403 g/mol. The van der Waals surface area contributed by atoms with Gasteiger partial charge in [0.15, 0.2) is 0 Å². The molecule has 7 heteroatoms. The van der Waals surface area contributed by atoms with Crippen molar-refractivity contribution in [3.63, 3.8) is 0 Å². The zero-order valence-electron chi connectivity index (χ0n) is 14.8. The van der Waals surface area contributed by atoms with Crippen molar-refractivity contribution in [1.82, 2.24) is 15.0 Å². The first-order valence-electron chi connectivity index (χ1n) is 8.64. The second kappa shape index (κ2) is 6.78. The number of anilines is 1. The molecule has 0 fully saturated rings. The summed E-state index contributed by atoms with van der Waals surface area (Å²) in [6, 6.07) is 15.4. The summed E-state index contributed by atoms with van der Waals surface area (Å²) in [5.41, 5.74) is 6.92. The SMILES string of the molecule is Cc1ccc(-c2nc3cccnc3s2)cc1NC(=O)c1ccc2ncsc2c1. The van der Waals surface area contributed by atoms with Gasteiger partial charge >= 0.3 is 0 Å². The fraction of sp³-hybridized carbons (Fsp3) is 0.0476. The van der Waals surface area contributed by atoms with E-state index in [4.69, 9.17) is 0 Å². The molecule has 0 spiro atoms. The smallest absolute Gasteiger partial charge is 0.255 e. The number of thiazole rings is 2. The lowest BCUT2D eigenvalue weighted by Crippen LogP contribution is -2.12. The van der Waals surface area contributed by atoms with Crippen molar-refractivity contribution in [2.75, 3.05) is 5.32 Å². The van der Waals surface area contributed by atoms with Crippen LogP contribution in [-0.4, -0.2) is 20.9 Å². The first-order valence-corrected chi connectivity index (χ1v) is 10.3. The molecule has 5 rings (SSSR count). The molecular weight excluding hydrogens is 388 g/mol. The summed E-state index contributed by atoms with van der Waals surface area (Å²) in [6.45, 7) is 1.98. The summed E-state index contributed by atoms with van der Waals surface area (Å²) in [6.07, 6.45) is 1.77. The third-order valence-electron chi connectivity index (χ3n) is 4.49. The van der Waals surface area contributed by atoms with Crippen molar-refractivity contribution < 1.29 is 4.79 Å². The molecule has 0 saturated heterocycles. The van der Waals surface area contributed by atoms with E-state index in [1.165, 1.54) is 11.3 Å². The van der Waals surface area contributed by atoms with Gasteiger partial charge in [0.1, 0.15) is 15.4 Å². The highest BCUT2D eigenvalue weighted by molar-refractivity contribution is 7.21. The minimum Gasteiger partial charge on any atom is -0.322 e. The highest BCUT2D eigenvalue weighted by Crippen LogP contribution is 2.31. The number of carbonyl (C=O) groups excluding carboxylic acids is 1. The van der Waals surface area contributed by atoms with E-state index in [9.17, 15) is 4.79 Å². The van der Waals surface area contributed by atoms with E-state index < -0.39 is 0 Å². The van der Waals surface area contributed by atoms with Crippen LogP contribution in [0.15, 0.2) is 60.2 Å². The van der Waals surface area contributed by atoms with E-state index in [0.717, 1.165) is 42.4 Å². The maximum atomic E-state index is 12.8. The van der Waals surface area contributed by atoms with Gasteiger partial charge in [0, 0.05) is 23.0 Å². The second-order valence-corrected chi connectivity index (χ2v) is 8.23. The summed E-state index contributed by atoms with van der Waals surface area (Å²) in [5.74, 6) is -0.137. The van der Waals surface area contributed by atoms with Crippen molar-refractivity contribution in [2.24, 2.45) is 0 Å². The maximum Gasteiger partial charge on any atom is 0.255 e. The topological polar surface area (TPSA) is 67.8 Å². The lowest BCUT2D eigenvalue weighted by molar-refractivity contribution is 0.102. The Morgan fingerprint density at radius 2 is 1.96 bits per heavy atom. The predicted molar refractivity (Wildman–Crippen MR) is 115 cm³/mol. The van der Waals surface area contributed by atoms with Gasteiger partial charge in [-0.1, -0.05) is 23.5 Å². The largest absolute Gasteiger partial charge is 0.322 e. The monoisotopic (exact) mass is 402 g/mol. The Labute approximate surface area is 168 Å². The van der Waals surface area contributed by atoms with Gasteiger partial charge in [-0.25, -0.2) is 15.0 Å². The molecule has 2 aromatic carbocycles. The molecular formula is C21H14N4OS2. The Balaban J connectivity index is 1.47. The van der Waals surface area contributed by atoms with Crippen molar-refractivity contribution >= 4 is 54.8 Å². The van der Waals surface area contributed by atoms with E-state index in [0.29, 0.717) is 5.56 Å². The van der Waals surface area contributed by atoms with Crippen LogP contribution in [0.1, 0.15) is 15.9 Å². The van der Waals surface area contributed by atoms with Gasteiger partial charge in [-0.15, -0.1) is 11.3 Å². The van der Waals surface area contributed by atoms with Gasteiger partial charge in [-0.05, 0) is 48.9 Å². The molecule has 0 saturated carbocycles. The number of nitrogens with zero attached hydrogens (tertiary/aromatic N) is 3. The highest BCUT2D eigenvalue weighted by atomic mass is 32.1. The Bertz CT molecular complexity index is 1310. The molecule has 0 unspecified atom stereocenters. The molecule has 1 N–H and O–H groups in total. The van der Waals surface area contributed by atoms with Gasteiger partial charge in [0.25, 0.3) is 5.91 Å². The van der Waals surface area contributed by atoms with Gasteiger partial charge < -0.3 is 5.32 Å². The number of fused-ring (bicyclic) bond motifs is 2. The van der Waals surface area contributed by atoms with Crippen LogP contribution < -0.4 is 5.32 Å². The lowest BCUT2D eigenvalue weighted by Gasteiger charge is -2.10. The molecule has 0 radical (unpaired) electrons. The summed E-state index contributed by atoms with van der Waals surface area (Å²) in [4.78, 5) is 26.9. The van der Waals surface area contributed by atoms with Crippen LogP contribution in [0.25, 0.3) is 31.1 Å². The zero-order chi connectivity index (χ0) is 19.1. The number of hydrogen-bond donors (Lipinski definition) is 1. The summed E-state index contributed by atoms with van der Waals surface area (Å²) in [5, 5.41) is 3.92. The number of hydrogen-bond acceptors (Lipinski definition) is 6. The molecule has 28 heavy (non-hydrogen) atoms. The Hall–Kier alpha value is -3.16. The first-order chi connectivity index (χ1) is 13.7. The fourth-order valence-electron chi connectivity index (χ4n) is 2.97. The van der Waals surface area contributed by atoms with Crippen molar-refractivity contribution in [1.29, 1.82) is 0 Å². The molecule has 0 aliphatic rings. The quantitative estimate of drug-likeness (QED) is 0.431. The minimum absolute atomic E-state index is 0.137. The predicted octanol–water partition coefficient (Wildman–Crippen LogP) is 5.53. The number of aryl methyl sites for hydroxylation is 1. The third kappa shape index (κ3) is 3.04. The molecule has 3 aromatic heterocycles. The van der Waals surface area contributed by atoms with Crippen molar-refractivity contribution in [3.8, 4) is 10.6 Å². The number of benzene rings is 2. The number of aromatic nitrogens is 3. The van der Waals surface area contributed by atoms with E-state index >= 15 is 0 Å². The summed E-state index contributed by atoms with van der Waals surface area (Å²) >= 11 is 3.07. The molecule has 0 atom stereocenters. The summed E-state index contributed by atoms with van der Waals surface area (Å²) < 4.78 is 1.00. The summed E-state index contributed by atoms with van der Waals surface area (Å²) in [7, 11) is 0. The maximum absolute atomic E-state index is 12.8. The van der Waals surface area contributed by atoms with Crippen LogP contribution in [0.3, 0.4) is 0 Å². The van der Waals surface area contributed by atoms with Crippen molar-refractivity contribution in [2.45, 2.75) is 6.92 Å². The molecule has 5 aromatic rings. The fourth-order valence-corrected chi connectivity index (χ4v) is 4.59. The van der Waals surface area contributed by atoms with Crippen LogP contribution in [0.2, 0.25) is 0 Å². The number of nitrogens with one attached hydrogen (secondary N) is 1. The van der Waals surface area contributed by atoms with Crippen LogP contribution in [-0.2, 0) is 0 Å². The zero-order valence-corrected chi connectivity index (χ0v) is 16.5. The first kappa shape index (κ1) is 17.0. The van der Waals surface area contributed by atoms with E-state index in [1.807, 2.05) is 49.4 Å². The highest BCUT2D eigenvalue weighted by Gasteiger charge is 2.12. The van der Waals surface area contributed by atoms with E-state index in [-0.39, 0.29) is 5.91 Å². The van der Waals surface area contributed by atoms with Gasteiger partial charge in [-0.2, -0.15) is 0 Å². The number of pyridine rings is 1. The lowest BCUT2D eigenvalue weighted by atomic mass is 10.1. The van der Waals surface area contributed by atoms with Crippen LogP contribution in [0, 0.1) is 6.92 Å². The third-order valence-corrected chi connectivity index (χ3v) is 6.31. The van der Waals surface area contributed by atoms with Gasteiger partial charge in [-0.3, -0.25) is 4.79 Å². The Morgan fingerprint density at radius 3 is 2.86 bits per heavy atom. The van der Waals surface area contributed by atoms with Crippen molar-refractivity contribution in [3.05, 3.63) is 71.4 Å². The molecule has 5 nitrogen and oxygen atoms in total. The molecule has 3 heterocycles. The molecule has 0 bridgehead atoms. The van der Waals surface area contributed by atoms with Crippen LogP contribution in [0.5, 0.6) is 0 Å². The normalized spacial score (nSPS) is 11.2. The standard InChI is InChI=1S/C21H14N4OS2/c1-12-4-5-14(20-25-16-3-2-8-22-21(16)28-20)9-17(12)24-19(26)13-6-7-15-18(10-13)27-11-23-15/h2-11H,1H3,(H,24,26). The Morgan fingerprint density at radius 1 is 1.04 bits per heavy atom.